The van der Waals surface area contributed by atoms with E-state index in [0.29, 0.717) is 31.2 Å². The molecule has 1 aliphatic rings. The first-order valence-corrected chi connectivity index (χ1v) is 14.6. The number of aliphatic hydroxyl groups excluding tert-OH is 1. The number of sulfonamides is 1. The van der Waals surface area contributed by atoms with Crippen LogP contribution in [0.15, 0.2) is 24.3 Å². The van der Waals surface area contributed by atoms with E-state index in [2.05, 4.69) is 50.7 Å². The van der Waals surface area contributed by atoms with E-state index in [1.807, 2.05) is 24.3 Å². The number of morpholine rings is 1. The predicted molar refractivity (Wildman–Crippen MR) is 144 cm³/mol. The summed E-state index contributed by atoms with van der Waals surface area (Å²) in [6, 6.07) is 7.71. The molecule has 0 aliphatic carbocycles. The lowest BCUT2D eigenvalue weighted by atomic mass is 9.97. The van der Waals surface area contributed by atoms with Gasteiger partial charge in [0.15, 0.2) is 0 Å². The molecule has 3 rings (SSSR count). The molecule has 1 aliphatic heterocycles. The van der Waals surface area contributed by atoms with Gasteiger partial charge in [-0.25, -0.2) is 8.42 Å². The van der Waals surface area contributed by atoms with Gasteiger partial charge in [0.2, 0.25) is 21.9 Å². The van der Waals surface area contributed by atoms with Gasteiger partial charge < -0.3 is 19.9 Å². The van der Waals surface area contributed by atoms with Crippen molar-refractivity contribution in [3.8, 4) is 5.75 Å². The zero-order valence-electron chi connectivity index (χ0n) is 22.2. The highest BCUT2D eigenvalue weighted by molar-refractivity contribution is 7.91. The Labute approximate surface area is 220 Å². The smallest absolute Gasteiger partial charge is 0.241 e. The summed E-state index contributed by atoms with van der Waals surface area (Å²) < 4.78 is 37.2. The Bertz CT molecular complexity index is 1080. The van der Waals surface area contributed by atoms with E-state index in [1.165, 1.54) is 0 Å². The van der Waals surface area contributed by atoms with Crippen molar-refractivity contribution in [2.75, 3.05) is 62.4 Å². The number of ether oxygens (including phenoxy) is 2. The molecular formula is C25H40N6O5S. The number of nitrogens with zero attached hydrogens (tertiary/aromatic N) is 4. The summed E-state index contributed by atoms with van der Waals surface area (Å²) in [7, 11) is -3.57. The molecule has 2 heterocycles. The van der Waals surface area contributed by atoms with E-state index in [1.54, 1.807) is 0 Å². The number of benzene rings is 1. The highest BCUT2D eigenvalue weighted by atomic mass is 32.2. The van der Waals surface area contributed by atoms with Crippen LogP contribution in [0.3, 0.4) is 0 Å². The number of rotatable bonds is 14. The number of aliphatic hydroxyl groups is 1. The lowest BCUT2D eigenvalue weighted by molar-refractivity contribution is 0.0322. The van der Waals surface area contributed by atoms with Gasteiger partial charge in [-0.2, -0.15) is 15.0 Å². The largest absolute Gasteiger partial charge is 0.492 e. The van der Waals surface area contributed by atoms with Gasteiger partial charge >= 0.3 is 0 Å². The quantitative estimate of drug-likeness (QED) is 0.329. The topological polar surface area (TPSA) is 139 Å². The maximum absolute atomic E-state index is 11.8. The molecule has 2 atom stereocenters. The predicted octanol–water partition coefficient (Wildman–Crippen LogP) is 2.12. The molecule has 0 spiro atoms. The number of hydrogen-bond acceptors (Lipinski definition) is 10. The maximum atomic E-state index is 11.8. The molecule has 1 saturated heterocycles. The summed E-state index contributed by atoms with van der Waals surface area (Å²) in [5, 5.41) is 12.9. The summed E-state index contributed by atoms with van der Waals surface area (Å²) in [6.07, 6.45) is 2.23. The first-order valence-electron chi connectivity index (χ1n) is 12.7. The Morgan fingerprint density at radius 1 is 1.08 bits per heavy atom. The van der Waals surface area contributed by atoms with Gasteiger partial charge in [0.1, 0.15) is 18.2 Å². The van der Waals surface area contributed by atoms with Crippen molar-refractivity contribution in [2.24, 2.45) is 5.92 Å². The van der Waals surface area contributed by atoms with Crippen LogP contribution < -0.4 is 14.8 Å². The van der Waals surface area contributed by atoms with Crippen LogP contribution in [0.1, 0.15) is 44.5 Å². The summed E-state index contributed by atoms with van der Waals surface area (Å²) in [5.41, 5.74) is 1.08. The van der Waals surface area contributed by atoms with Gasteiger partial charge in [0.25, 0.3) is 0 Å². The van der Waals surface area contributed by atoms with Gasteiger partial charge in [0.05, 0.1) is 32.1 Å². The van der Waals surface area contributed by atoms with Crippen LogP contribution in [0, 0.1) is 5.92 Å². The monoisotopic (exact) mass is 536 g/mol. The fourth-order valence-electron chi connectivity index (χ4n) is 4.12. The third-order valence-corrected chi connectivity index (χ3v) is 6.54. The summed E-state index contributed by atoms with van der Waals surface area (Å²) in [5.74, 6) is 1.86. The zero-order chi connectivity index (χ0) is 26.8. The van der Waals surface area contributed by atoms with E-state index in [4.69, 9.17) is 9.47 Å². The number of aromatic nitrogens is 3. The Balaban J connectivity index is 1.65. The minimum Gasteiger partial charge on any atom is -0.492 e. The van der Waals surface area contributed by atoms with Crippen molar-refractivity contribution < 1.29 is 23.0 Å². The van der Waals surface area contributed by atoms with Crippen LogP contribution in [0.25, 0.3) is 0 Å². The number of hydrogen-bond donors (Lipinski definition) is 3. The second-order valence-corrected chi connectivity index (χ2v) is 11.7. The molecule has 0 saturated carbocycles. The van der Waals surface area contributed by atoms with E-state index in [0.717, 1.165) is 50.4 Å². The van der Waals surface area contributed by atoms with Crippen molar-refractivity contribution in [3.63, 3.8) is 0 Å². The van der Waals surface area contributed by atoms with Crippen LogP contribution in [0.4, 0.5) is 11.9 Å². The lowest BCUT2D eigenvalue weighted by Crippen LogP contribution is -2.38. The first-order chi connectivity index (χ1) is 17.6. The highest BCUT2D eigenvalue weighted by Gasteiger charge is 2.17. The molecule has 2 unspecified atom stereocenters. The average Bonchev–Trinajstić information content (AvgIpc) is 2.83. The summed E-state index contributed by atoms with van der Waals surface area (Å²) in [6.45, 7) is 11.0. The number of anilines is 2. The molecule has 1 fully saturated rings. The Morgan fingerprint density at radius 2 is 1.76 bits per heavy atom. The van der Waals surface area contributed by atoms with Crippen molar-refractivity contribution in [1.82, 2.24) is 19.9 Å². The molecule has 1 aromatic carbocycles. The SMILES string of the molecule is CC(C)CC(CO)Nc1nc(CC(C)c2ccc(OCCN3CCOCC3)cc2)nc(NS(C)(=O)=O)n1. The fraction of sp³-hybridized carbons (Fsp3) is 0.640. The van der Waals surface area contributed by atoms with Crippen LogP contribution in [-0.4, -0.2) is 91.7 Å². The maximum Gasteiger partial charge on any atom is 0.241 e. The van der Waals surface area contributed by atoms with Crippen molar-refractivity contribution >= 4 is 21.9 Å². The van der Waals surface area contributed by atoms with Gasteiger partial charge in [-0.05, 0) is 36.0 Å². The zero-order valence-corrected chi connectivity index (χ0v) is 23.0. The molecule has 12 heteroatoms. The molecule has 1 aromatic heterocycles. The van der Waals surface area contributed by atoms with E-state index >= 15 is 0 Å². The normalized spacial score (nSPS) is 16.4. The van der Waals surface area contributed by atoms with Gasteiger partial charge in [-0.15, -0.1) is 0 Å². The minimum absolute atomic E-state index is 0.0487. The summed E-state index contributed by atoms with van der Waals surface area (Å²) in [4.78, 5) is 15.4. The highest BCUT2D eigenvalue weighted by Crippen LogP contribution is 2.23. The number of nitrogens with one attached hydrogen (secondary N) is 2. The van der Waals surface area contributed by atoms with E-state index in [9.17, 15) is 13.5 Å². The van der Waals surface area contributed by atoms with Crippen molar-refractivity contribution in [3.05, 3.63) is 35.7 Å². The third-order valence-electron chi connectivity index (χ3n) is 5.99. The average molecular weight is 537 g/mol. The molecule has 11 nitrogen and oxygen atoms in total. The fourth-order valence-corrected chi connectivity index (χ4v) is 4.54. The third kappa shape index (κ3) is 10.4. The molecular weight excluding hydrogens is 496 g/mol. The summed E-state index contributed by atoms with van der Waals surface area (Å²) >= 11 is 0. The minimum atomic E-state index is -3.57. The first kappa shape index (κ1) is 29.0. The molecule has 3 N–H and O–H groups in total. The second kappa shape index (κ2) is 13.8. The van der Waals surface area contributed by atoms with Crippen LogP contribution in [0.5, 0.6) is 5.75 Å². The molecule has 2 aromatic rings. The van der Waals surface area contributed by atoms with Gasteiger partial charge in [0, 0.05) is 26.1 Å². The molecule has 0 amide bonds. The lowest BCUT2D eigenvalue weighted by Gasteiger charge is -2.26. The van der Waals surface area contributed by atoms with Gasteiger partial charge in [-0.3, -0.25) is 9.62 Å². The Hall–Kier alpha value is -2.54. The van der Waals surface area contributed by atoms with E-state index < -0.39 is 10.0 Å². The molecule has 37 heavy (non-hydrogen) atoms. The molecule has 0 bridgehead atoms. The second-order valence-electron chi connectivity index (χ2n) is 9.90. The molecule has 0 radical (unpaired) electrons. The van der Waals surface area contributed by atoms with Gasteiger partial charge in [-0.1, -0.05) is 32.9 Å². The Morgan fingerprint density at radius 3 is 2.38 bits per heavy atom. The van der Waals surface area contributed by atoms with Crippen LogP contribution in [-0.2, 0) is 21.2 Å². The van der Waals surface area contributed by atoms with Crippen LogP contribution in [0.2, 0.25) is 0 Å². The van der Waals surface area contributed by atoms with E-state index in [-0.39, 0.29) is 30.5 Å². The molecule has 206 valence electrons. The van der Waals surface area contributed by atoms with Crippen molar-refractivity contribution in [1.29, 1.82) is 0 Å². The van der Waals surface area contributed by atoms with Crippen molar-refractivity contribution in [2.45, 2.75) is 45.6 Å². The standard InChI is InChI=1S/C25H40N6O5S/c1-18(2)15-21(17-32)26-24-27-23(28-25(29-24)30-37(4,33)34)16-19(3)20-5-7-22(8-6-20)36-14-11-31-9-12-35-13-10-31/h5-8,18-19,21,32H,9-17H2,1-4H3,(H2,26,27,28,29,30). The Kier molecular flexibility index (Phi) is 10.9. The van der Waals surface area contributed by atoms with Crippen LogP contribution >= 0.6 is 0 Å².